The van der Waals surface area contributed by atoms with Gasteiger partial charge in [-0.1, -0.05) is 18.2 Å². The summed E-state index contributed by atoms with van der Waals surface area (Å²) in [5.41, 5.74) is 0.815. The second kappa shape index (κ2) is 7.09. The number of aromatic nitrogens is 4. The number of rotatable bonds is 4. The van der Waals surface area contributed by atoms with Gasteiger partial charge in [-0.3, -0.25) is 4.90 Å². The number of likely N-dealkylation sites (tertiary alicyclic amines) is 1. The van der Waals surface area contributed by atoms with Crippen LogP contribution in [0.3, 0.4) is 0 Å². The molecule has 0 amide bonds. The molecular formula is C18H27N5O2. The molecular weight excluding hydrogens is 318 g/mol. The van der Waals surface area contributed by atoms with Crippen molar-refractivity contribution >= 4 is 0 Å². The fourth-order valence-electron chi connectivity index (χ4n) is 3.38. The van der Waals surface area contributed by atoms with Gasteiger partial charge in [0.25, 0.3) is 0 Å². The van der Waals surface area contributed by atoms with Crippen LogP contribution < -0.4 is 4.74 Å². The summed E-state index contributed by atoms with van der Waals surface area (Å²) in [5.74, 6) is 1.62. The third-order valence-electron chi connectivity index (χ3n) is 4.67. The highest BCUT2D eigenvalue weighted by atomic mass is 16.5. The van der Waals surface area contributed by atoms with E-state index in [4.69, 9.17) is 4.74 Å². The van der Waals surface area contributed by atoms with Gasteiger partial charge in [0.1, 0.15) is 11.8 Å². The Morgan fingerprint density at radius 2 is 1.88 bits per heavy atom. The number of benzene rings is 1. The summed E-state index contributed by atoms with van der Waals surface area (Å²) in [6.07, 6.45) is 1.28. The molecule has 25 heavy (non-hydrogen) atoms. The fraction of sp³-hybridized carbons (Fsp3) is 0.611. The van der Waals surface area contributed by atoms with Crippen LogP contribution in [0.25, 0.3) is 0 Å². The molecule has 0 unspecified atom stereocenters. The molecule has 1 aromatic heterocycles. The van der Waals surface area contributed by atoms with E-state index in [-0.39, 0.29) is 17.7 Å². The SMILES string of the molecule is COc1ccccc1[C@@H](c1nnnn1C(C)(C)C)N1CCC(O)CC1. The lowest BCUT2D eigenvalue weighted by molar-refractivity contribution is 0.0644. The molecule has 1 N–H and O–H groups in total. The van der Waals surface area contributed by atoms with E-state index in [0.717, 1.165) is 43.1 Å². The molecule has 2 heterocycles. The number of tetrazole rings is 1. The van der Waals surface area contributed by atoms with Gasteiger partial charge in [0, 0.05) is 18.7 Å². The zero-order chi connectivity index (χ0) is 18.0. The topological polar surface area (TPSA) is 76.3 Å². The number of nitrogens with zero attached hydrogens (tertiary/aromatic N) is 5. The van der Waals surface area contributed by atoms with Crippen LogP contribution >= 0.6 is 0 Å². The zero-order valence-electron chi connectivity index (χ0n) is 15.4. The van der Waals surface area contributed by atoms with Crippen molar-refractivity contribution < 1.29 is 9.84 Å². The largest absolute Gasteiger partial charge is 0.496 e. The van der Waals surface area contributed by atoms with Crippen LogP contribution in [0.2, 0.25) is 0 Å². The van der Waals surface area contributed by atoms with E-state index in [2.05, 4.69) is 47.3 Å². The standard InChI is InChI=1S/C18H27N5O2/c1-18(2,3)23-17(19-20-21-23)16(22-11-9-13(24)10-12-22)14-7-5-6-8-15(14)25-4/h5-8,13,16,24H,9-12H2,1-4H3/t16-/m0/s1. The van der Waals surface area contributed by atoms with Crippen LogP contribution in [0.1, 0.15) is 51.0 Å². The quantitative estimate of drug-likeness (QED) is 0.913. The number of aliphatic hydroxyl groups is 1. The van der Waals surface area contributed by atoms with Crippen molar-refractivity contribution in [3.8, 4) is 5.75 Å². The molecule has 136 valence electrons. The maximum atomic E-state index is 9.90. The van der Waals surface area contributed by atoms with Gasteiger partial charge in [-0.15, -0.1) is 5.10 Å². The van der Waals surface area contributed by atoms with Crippen molar-refractivity contribution in [1.82, 2.24) is 25.1 Å². The summed E-state index contributed by atoms with van der Waals surface area (Å²) in [7, 11) is 1.68. The molecule has 3 rings (SSSR count). The number of para-hydroxylation sites is 1. The average Bonchev–Trinajstić information content (AvgIpc) is 3.07. The van der Waals surface area contributed by atoms with Crippen LogP contribution in [-0.4, -0.2) is 56.5 Å². The Bertz CT molecular complexity index is 701. The van der Waals surface area contributed by atoms with Gasteiger partial charge >= 0.3 is 0 Å². The lowest BCUT2D eigenvalue weighted by atomic mass is 9.98. The molecule has 0 spiro atoms. The van der Waals surface area contributed by atoms with Gasteiger partial charge in [-0.25, -0.2) is 4.68 Å². The minimum atomic E-state index is -0.229. The summed E-state index contributed by atoms with van der Waals surface area (Å²) in [6, 6.07) is 7.89. The lowest BCUT2D eigenvalue weighted by Gasteiger charge is -2.37. The Morgan fingerprint density at radius 3 is 2.52 bits per heavy atom. The Morgan fingerprint density at radius 1 is 1.20 bits per heavy atom. The first-order chi connectivity index (χ1) is 11.9. The van der Waals surface area contributed by atoms with Gasteiger partial charge in [0.2, 0.25) is 0 Å². The summed E-state index contributed by atoms with van der Waals surface area (Å²) in [6.45, 7) is 7.85. The molecule has 1 aliphatic heterocycles. The highest BCUT2D eigenvalue weighted by Crippen LogP contribution is 2.36. The van der Waals surface area contributed by atoms with Gasteiger partial charge < -0.3 is 9.84 Å². The molecule has 1 aliphatic rings. The summed E-state index contributed by atoms with van der Waals surface area (Å²) in [4.78, 5) is 2.33. The van der Waals surface area contributed by atoms with Crippen molar-refractivity contribution in [2.45, 2.75) is 51.3 Å². The molecule has 7 nitrogen and oxygen atoms in total. The molecule has 1 aromatic carbocycles. The van der Waals surface area contributed by atoms with Crippen molar-refractivity contribution in [3.05, 3.63) is 35.7 Å². The highest BCUT2D eigenvalue weighted by Gasteiger charge is 2.34. The van der Waals surface area contributed by atoms with Crippen molar-refractivity contribution in [3.63, 3.8) is 0 Å². The Labute approximate surface area is 148 Å². The molecule has 1 atom stereocenters. The van der Waals surface area contributed by atoms with Crippen LogP contribution in [0, 0.1) is 0 Å². The second-order valence-electron chi connectivity index (χ2n) is 7.53. The number of piperidine rings is 1. The number of hydrogen-bond acceptors (Lipinski definition) is 6. The number of hydrogen-bond donors (Lipinski definition) is 1. The van der Waals surface area contributed by atoms with E-state index >= 15 is 0 Å². The first kappa shape index (κ1) is 17.8. The highest BCUT2D eigenvalue weighted by molar-refractivity contribution is 5.39. The second-order valence-corrected chi connectivity index (χ2v) is 7.53. The average molecular weight is 345 g/mol. The van der Waals surface area contributed by atoms with E-state index in [1.165, 1.54) is 0 Å². The van der Waals surface area contributed by atoms with Gasteiger partial charge in [0.15, 0.2) is 5.82 Å². The number of methoxy groups -OCH3 is 1. The van der Waals surface area contributed by atoms with Crippen molar-refractivity contribution in [2.75, 3.05) is 20.2 Å². The minimum absolute atomic E-state index is 0.113. The van der Waals surface area contributed by atoms with Crippen LogP contribution in [0.5, 0.6) is 5.75 Å². The van der Waals surface area contributed by atoms with Crippen molar-refractivity contribution in [1.29, 1.82) is 0 Å². The molecule has 1 fully saturated rings. The number of ether oxygens (including phenoxy) is 1. The summed E-state index contributed by atoms with van der Waals surface area (Å²) < 4.78 is 7.49. The van der Waals surface area contributed by atoms with Gasteiger partial charge in [-0.05, 0) is 50.1 Å². The first-order valence-electron chi connectivity index (χ1n) is 8.75. The summed E-state index contributed by atoms with van der Waals surface area (Å²) >= 11 is 0. The molecule has 0 bridgehead atoms. The maximum absolute atomic E-state index is 9.90. The first-order valence-corrected chi connectivity index (χ1v) is 8.75. The Balaban J connectivity index is 2.08. The van der Waals surface area contributed by atoms with E-state index in [1.54, 1.807) is 7.11 Å². The Hall–Kier alpha value is -1.99. The predicted molar refractivity (Wildman–Crippen MR) is 94.5 cm³/mol. The lowest BCUT2D eigenvalue weighted by Crippen LogP contribution is -2.41. The minimum Gasteiger partial charge on any atom is -0.496 e. The van der Waals surface area contributed by atoms with Crippen LogP contribution in [0.4, 0.5) is 0 Å². The molecule has 2 aromatic rings. The van der Waals surface area contributed by atoms with Crippen LogP contribution in [-0.2, 0) is 5.54 Å². The smallest absolute Gasteiger partial charge is 0.173 e. The van der Waals surface area contributed by atoms with E-state index < -0.39 is 0 Å². The Kier molecular flexibility index (Phi) is 5.06. The van der Waals surface area contributed by atoms with Crippen LogP contribution in [0.15, 0.2) is 24.3 Å². The van der Waals surface area contributed by atoms with Gasteiger partial charge in [0.05, 0.1) is 18.8 Å². The predicted octanol–water partition coefficient (Wildman–Crippen LogP) is 1.98. The third-order valence-corrected chi connectivity index (χ3v) is 4.67. The molecule has 0 radical (unpaired) electrons. The maximum Gasteiger partial charge on any atom is 0.173 e. The van der Waals surface area contributed by atoms with E-state index in [9.17, 15) is 5.11 Å². The normalized spacial score (nSPS) is 18.3. The van der Waals surface area contributed by atoms with E-state index in [0.29, 0.717) is 0 Å². The third kappa shape index (κ3) is 3.67. The van der Waals surface area contributed by atoms with Crippen molar-refractivity contribution in [2.24, 2.45) is 0 Å². The fourth-order valence-corrected chi connectivity index (χ4v) is 3.38. The monoisotopic (exact) mass is 345 g/mol. The van der Waals surface area contributed by atoms with E-state index in [1.807, 2.05) is 22.9 Å². The molecule has 7 heteroatoms. The molecule has 0 aliphatic carbocycles. The molecule has 1 saturated heterocycles. The number of aliphatic hydroxyl groups excluding tert-OH is 1. The summed E-state index contributed by atoms with van der Waals surface area (Å²) in [5, 5.41) is 22.5. The molecule has 0 saturated carbocycles. The van der Waals surface area contributed by atoms with Gasteiger partial charge in [-0.2, -0.15) is 0 Å². The zero-order valence-corrected chi connectivity index (χ0v) is 15.4.